The Morgan fingerprint density at radius 3 is 2.53 bits per heavy atom. The highest BCUT2D eigenvalue weighted by molar-refractivity contribution is 5.85. The first-order chi connectivity index (χ1) is 7.97. The van der Waals surface area contributed by atoms with Crippen LogP contribution in [0.5, 0.6) is 0 Å². The third-order valence-corrected chi connectivity index (χ3v) is 3.65. The topological polar surface area (TPSA) is 89.4 Å². The van der Waals surface area contributed by atoms with E-state index in [1.807, 2.05) is 6.92 Å². The second-order valence-electron chi connectivity index (χ2n) is 4.91. The molecule has 0 saturated heterocycles. The van der Waals surface area contributed by atoms with Gasteiger partial charge < -0.3 is 16.4 Å². The van der Waals surface area contributed by atoms with Crippen LogP contribution in [0.4, 0.5) is 0 Å². The summed E-state index contributed by atoms with van der Waals surface area (Å²) in [5.74, 6) is -0.286. The maximum atomic E-state index is 12.3. The van der Waals surface area contributed by atoms with Crippen molar-refractivity contribution < 1.29 is 9.59 Å². The minimum Gasteiger partial charge on any atom is -0.368 e. The van der Waals surface area contributed by atoms with Gasteiger partial charge in [-0.25, -0.2) is 0 Å². The third-order valence-electron chi connectivity index (χ3n) is 3.65. The summed E-state index contributed by atoms with van der Waals surface area (Å²) in [5, 5.41) is 0. The summed E-state index contributed by atoms with van der Waals surface area (Å²) in [5.41, 5.74) is 11.2. The van der Waals surface area contributed by atoms with Crippen LogP contribution in [0, 0.1) is 11.8 Å². The van der Waals surface area contributed by atoms with Crippen molar-refractivity contribution in [1.82, 2.24) is 4.90 Å². The lowest BCUT2D eigenvalue weighted by molar-refractivity contribution is -0.140. The monoisotopic (exact) mass is 241 g/mol. The quantitative estimate of drug-likeness (QED) is 0.730. The van der Waals surface area contributed by atoms with Crippen LogP contribution >= 0.6 is 0 Å². The van der Waals surface area contributed by atoms with Gasteiger partial charge in [0.1, 0.15) is 0 Å². The molecule has 17 heavy (non-hydrogen) atoms. The van der Waals surface area contributed by atoms with Crippen molar-refractivity contribution in [2.45, 2.75) is 39.2 Å². The fourth-order valence-corrected chi connectivity index (χ4v) is 2.50. The molecule has 3 unspecified atom stereocenters. The smallest absolute Gasteiger partial charge is 0.237 e. The molecule has 0 aromatic rings. The van der Waals surface area contributed by atoms with Gasteiger partial charge in [-0.3, -0.25) is 9.59 Å². The molecule has 0 bridgehead atoms. The molecule has 98 valence electrons. The fraction of sp³-hybridized carbons (Fsp3) is 0.833. The Morgan fingerprint density at radius 2 is 2.00 bits per heavy atom. The largest absolute Gasteiger partial charge is 0.368 e. The summed E-state index contributed by atoms with van der Waals surface area (Å²) < 4.78 is 0. The molecule has 0 heterocycles. The molecule has 0 radical (unpaired) electrons. The summed E-state index contributed by atoms with van der Waals surface area (Å²) in [4.78, 5) is 24.7. The molecule has 0 aromatic carbocycles. The van der Waals surface area contributed by atoms with Crippen molar-refractivity contribution in [2.75, 3.05) is 13.1 Å². The van der Waals surface area contributed by atoms with Gasteiger partial charge in [0.25, 0.3) is 0 Å². The van der Waals surface area contributed by atoms with Gasteiger partial charge in [0.15, 0.2) is 0 Å². The molecule has 1 rings (SSSR count). The predicted molar refractivity (Wildman–Crippen MR) is 65.9 cm³/mol. The zero-order chi connectivity index (χ0) is 13.0. The lowest BCUT2D eigenvalue weighted by Gasteiger charge is -2.35. The van der Waals surface area contributed by atoms with E-state index < -0.39 is 5.91 Å². The summed E-state index contributed by atoms with van der Waals surface area (Å²) in [6, 6.07) is -0.0989. The van der Waals surface area contributed by atoms with E-state index in [0.717, 1.165) is 19.3 Å². The number of likely N-dealkylation sites (N-methyl/N-ethyl adjacent to an activating group) is 1. The molecule has 0 aliphatic heterocycles. The molecule has 3 atom stereocenters. The van der Waals surface area contributed by atoms with Gasteiger partial charge in [0.2, 0.25) is 11.8 Å². The average Bonchev–Trinajstić information content (AvgIpc) is 2.28. The average molecular weight is 241 g/mol. The molecular weight excluding hydrogens is 218 g/mol. The molecule has 5 heteroatoms. The highest BCUT2D eigenvalue weighted by Gasteiger charge is 2.35. The van der Waals surface area contributed by atoms with Crippen LogP contribution in [-0.4, -0.2) is 35.8 Å². The van der Waals surface area contributed by atoms with Crippen LogP contribution in [0.1, 0.15) is 33.1 Å². The van der Waals surface area contributed by atoms with Crippen LogP contribution < -0.4 is 11.5 Å². The molecule has 4 N–H and O–H groups in total. The lowest BCUT2D eigenvalue weighted by atomic mass is 9.77. The summed E-state index contributed by atoms with van der Waals surface area (Å²) in [7, 11) is 0. The summed E-state index contributed by atoms with van der Waals surface area (Å²) >= 11 is 0. The van der Waals surface area contributed by atoms with Gasteiger partial charge in [0, 0.05) is 12.6 Å². The number of rotatable bonds is 4. The Morgan fingerprint density at radius 1 is 1.35 bits per heavy atom. The first-order valence-corrected chi connectivity index (χ1v) is 6.30. The number of amides is 2. The Hall–Kier alpha value is -1.10. The molecule has 1 aliphatic carbocycles. The van der Waals surface area contributed by atoms with Crippen molar-refractivity contribution in [3.05, 3.63) is 0 Å². The van der Waals surface area contributed by atoms with Crippen LogP contribution in [-0.2, 0) is 9.59 Å². The maximum absolute atomic E-state index is 12.3. The molecule has 2 amide bonds. The van der Waals surface area contributed by atoms with E-state index in [-0.39, 0.29) is 24.4 Å². The van der Waals surface area contributed by atoms with Gasteiger partial charge in [-0.1, -0.05) is 13.3 Å². The number of carbonyl (C=O) groups is 2. The molecule has 5 nitrogen and oxygen atoms in total. The van der Waals surface area contributed by atoms with Gasteiger partial charge in [-0.2, -0.15) is 0 Å². The second kappa shape index (κ2) is 6.00. The Balaban J connectivity index is 2.69. The molecule has 1 fully saturated rings. The first kappa shape index (κ1) is 14.0. The zero-order valence-corrected chi connectivity index (χ0v) is 10.7. The number of nitrogens with zero attached hydrogens (tertiary/aromatic N) is 1. The highest BCUT2D eigenvalue weighted by Crippen LogP contribution is 2.29. The fourth-order valence-electron chi connectivity index (χ4n) is 2.50. The van der Waals surface area contributed by atoms with E-state index in [1.54, 1.807) is 0 Å². The number of hydrogen-bond acceptors (Lipinski definition) is 3. The van der Waals surface area contributed by atoms with Crippen molar-refractivity contribution in [3.63, 3.8) is 0 Å². The van der Waals surface area contributed by atoms with Gasteiger partial charge in [-0.15, -0.1) is 0 Å². The van der Waals surface area contributed by atoms with Crippen molar-refractivity contribution >= 4 is 11.8 Å². The van der Waals surface area contributed by atoms with Gasteiger partial charge in [-0.05, 0) is 25.7 Å². The number of hydrogen-bond donors (Lipinski definition) is 2. The standard InChI is InChI=1S/C12H23N3O2/c1-3-15(7-10(13)16)12(17)9-6-4-5-8(2)11(9)14/h8-9,11H,3-7,14H2,1-2H3,(H2,13,16). The van der Waals surface area contributed by atoms with Crippen LogP contribution in [0.2, 0.25) is 0 Å². The zero-order valence-electron chi connectivity index (χ0n) is 10.7. The maximum Gasteiger partial charge on any atom is 0.237 e. The van der Waals surface area contributed by atoms with Crippen molar-refractivity contribution in [3.8, 4) is 0 Å². The minimum atomic E-state index is -0.474. The minimum absolute atomic E-state index is 0.00701. The third kappa shape index (κ3) is 3.43. The van der Waals surface area contributed by atoms with E-state index in [9.17, 15) is 9.59 Å². The second-order valence-corrected chi connectivity index (χ2v) is 4.91. The van der Waals surface area contributed by atoms with E-state index >= 15 is 0 Å². The normalized spacial score (nSPS) is 28.8. The summed E-state index contributed by atoms with van der Waals surface area (Å²) in [6.07, 6.45) is 2.92. The number of carbonyl (C=O) groups excluding carboxylic acids is 2. The molecule has 0 aromatic heterocycles. The van der Waals surface area contributed by atoms with Crippen LogP contribution in [0.25, 0.3) is 0 Å². The Bertz CT molecular complexity index is 293. The SMILES string of the molecule is CCN(CC(N)=O)C(=O)C1CCCC(C)C1N. The number of nitrogens with two attached hydrogens (primary N) is 2. The van der Waals surface area contributed by atoms with E-state index in [0.29, 0.717) is 12.5 Å². The predicted octanol–water partition coefficient (Wildman–Crippen LogP) is 0.0837. The molecule has 1 saturated carbocycles. The molecule has 0 spiro atoms. The van der Waals surface area contributed by atoms with Crippen molar-refractivity contribution in [1.29, 1.82) is 0 Å². The van der Waals surface area contributed by atoms with Gasteiger partial charge in [0.05, 0.1) is 12.5 Å². The lowest BCUT2D eigenvalue weighted by Crippen LogP contribution is -2.50. The first-order valence-electron chi connectivity index (χ1n) is 6.30. The Kier molecular flexibility index (Phi) is 4.93. The highest BCUT2D eigenvalue weighted by atomic mass is 16.2. The van der Waals surface area contributed by atoms with Gasteiger partial charge >= 0.3 is 0 Å². The Labute approximate surface area is 103 Å². The van der Waals surface area contributed by atoms with E-state index in [4.69, 9.17) is 11.5 Å². The molecule has 1 aliphatic rings. The van der Waals surface area contributed by atoms with E-state index in [2.05, 4.69) is 6.92 Å². The van der Waals surface area contributed by atoms with Crippen LogP contribution in [0.15, 0.2) is 0 Å². The molecular formula is C12H23N3O2. The van der Waals surface area contributed by atoms with Crippen LogP contribution in [0.3, 0.4) is 0 Å². The summed E-state index contributed by atoms with van der Waals surface area (Å²) in [6.45, 7) is 4.42. The van der Waals surface area contributed by atoms with E-state index in [1.165, 1.54) is 4.90 Å². The number of primary amides is 1. The van der Waals surface area contributed by atoms with Crippen molar-refractivity contribution in [2.24, 2.45) is 23.3 Å².